The quantitative estimate of drug-likeness (QED) is 0.426. The van der Waals surface area contributed by atoms with Crippen molar-refractivity contribution in [1.29, 1.82) is 0 Å². The predicted molar refractivity (Wildman–Crippen MR) is 70.0 cm³/mol. The molecule has 9 heteroatoms. The molecule has 0 unspecified atom stereocenters. The molecule has 2 N–H and O–H groups in total. The van der Waals surface area contributed by atoms with Crippen molar-refractivity contribution in [3.05, 3.63) is 28.3 Å². The SMILES string of the molecule is O=[N+]([O-])c1cc(S(=O)(=O)CCO)ccc1SCCO. The summed E-state index contributed by atoms with van der Waals surface area (Å²) < 4.78 is 23.4. The number of rotatable bonds is 7. The third-order valence-corrected chi connectivity index (χ3v) is 4.93. The summed E-state index contributed by atoms with van der Waals surface area (Å²) in [6.07, 6.45) is 0. The van der Waals surface area contributed by atoms with Gasteiger partial charge in [-0.15, -0.1) is 11.8 Å². The van der Waals surface area contributed by atoms with Gasteiger partial charge in [0.25, 0.3) is 5.69 Å². The molecule has 1 aromatic rings. The number of hydrogen-bond donors (Lipinski definition) is 2. The molecule has 7 nitrogen and oxygen atoms in total. The average molecular weight is 307 g/mol. The van der Waals surface area contributed by atoms with Crippen LogP contribution >= 0.6 is 11.8 Å². The highest BCUT2D eigenvalue weighted by Crippen LogP contribution is 2.31. The van der Waals surface area contributed by atoms with Gasteiger partial charge in [0.05, 0.1) is 33.7 Å². The molecule has 0 atom stereocenters. The molecule has 0 aliphatic rings. The van der Waals surface area contributed by atoms with Gasteiger partial charge in [-0.25, -0.2) is 8.42 Å². The van der Waals surface area contributed by atoms with Crippen molar-refractivity contribution >= 4 is 27.3 Å². The summed E-state index contributed by atoms with van der Waals surface area (Å²) in [5.74, 6) is -0.198. The maximum Gasteiger partial charge on any atom is 0.284 e. The molecule has 19 heavy (non-hydrogen) atoms. The van der Waals surface area contributed by atoms with Crippen LogP contribution in [0.4, 0.5) is 5.69 Å². The minimum absolute atomic E-state index is 0.133. The summed E-state index contributed by atoms with van der Waals surface area (Å²) in [6.45, 7) is -0.677. The molecule has 0 aliphatic carbocycles. The van der Waals surface area contributed by atoms with E-state index in [0.717, 1.165) is 17.8 Å². The fourth-order valence-corrected chi connectivity index (χ4v) is 3.15. The molecule has 0 bridgehead atoms. The first-order valence-corrected chi connectivity index (χ1v) is 7.92. The van der Waals surface area contributed by atoms with Gasteiger partial charge in [-0.3, -0.25) is 10.1 Å². The number of aliphatic hydroxyl groups is 2. The maximum atomic E-state index is 11.7. The smallest absolute Gasteiger partial charge is 0.284 e. The van der Waals surface area contributed by atoms with Crippen molar-refractivity contribution in [3.8, 4) is 0 Å². The lowest BCUT2D eigenvalue weighted by atomic mass is 10.3. The second kappa shape index (κ2) is 6.85. The topological polar surface area (TPSA) is 118 Å². The first kappa shape index (κ1) is 15.9. The van der Waals surface area contributed by atoms with Crippen molar-refractivity contribution in [1.82, 2.24) is 0 Å². The third-order valence-electron chi connectivity index (χ3n) is 2.20. The van der Waals surface area contributed by atoms with Gasteiger partial charge in [0.2, 0.25) is 0 Å². The van der Waals surface area contributed by atoms with Crippen LogP contribution in [0.3, 0.4) is 0 Å². The van der Waals surface area contributed by atoms with E-state index in [4.69, 9.17) is 10.2 Å². The highest BCUT2D eigenvalue weighted by Gasteiger charge is 2.21. The number of benzene rings is 1. The van der Waals surface area contributed by atoms with E-state index in [1.54, 1.807) is 0 Å². The predicted octanol–water partition coefficient (Wildman–Crippen LogP) is 0.445. The van der Waals surface area contributed by atoms with Crippen LogP contribution in [-0.4, -0.2) is 48.3 Å². The van der Waals surface area contributed by atoms with Crippen LogP contribution in [0.15, 0.2) is 28.0 Å². The number of aliphatic hydroxyl groups excluding tert-OH is 2. The minimum atomic E-state index is -3.72. The molecule has 0 radical (unpaired) electrons. The fraction of sp³-hybridized carbons (Fsp3) is 0.400. The number of thioether (sulfide) groups is 1. The molecule has 0 aliphatic heterocycles. The molecule has 0 amide bonds. The van der Waals surface area contributed by atoms with E-state index in [0.29, 0.717) is 4.90 Å². The molecule has 106 valence electrons. The van der Waals surface area contributed by atoms with E-state index in [1.165, 1.54) is 12.1 Å². The molecule has 0 saturated heterocycles. The van der Waals surface area contributed by atoms with Crippen molar-refractivity contribution in [2.75, 3.05) is 24.7 Å². The summed E-state index contributed by atoms with van der Waals surface area (Å²) in [5, 5.41) is 28.3. The number of nitrogens with zero attached hydrogens (tertiary/aromatic N) is 1. The molecular weight excluding hydrogens is 294 g/mol. The molecule has 0 spiro atoms. The van der Waals surface area contributed by atoms with Crippen LogP contribution in [-0.2, 0) is 9.84 Å². The van der Waals surface area contributed by atoms with Crippen molar-refractivity contribution in [3.63, 3.8) is 0 Å². The van der Waals surface area contributed by atoms with Crippen LogP contribution < -0.4 is 0 Å². The second-order valence-electron chi connectivity index (χ2n) is 3.50. The van der Waals surface area contributed by atoms with Gasteiger partial charge in [0.15, 0.2) is 9.84 Å². The molecule has 0 aromatic heterocycles. The third kappa shape index (κ3) is 4.16. The highest BCUT2D eigenvalue weighted by molar-refractivity contribution is 7.99. The van der Waals surface area contributed by atoms with Gasteiger partial charge in [-0.1, -0.05) is 0 Å². The Morgan fingerprint density at radius 1 is 1.26 bits per heavy atom. The zero-order valence-corrected chi connectivity index (χ0v) is 11.5. The Labute approximate surface area is 114 Å². The standard InChI is InChI=1S/C10H13NO6S2/c12-3-5-18-10-2-1-8(7-9(10)11(14)15)19(16,17)6-4-13/h1-2,7,12-13H,3-6H2. The lowest BCUT2D eigenvalue weighted by Crippen LogP contribution is -2.10. The lowest BCUT2D eigenvalue weighted by molar-refractivity contribution is -0.388. The fourth-order valence-electron chi connectivity index (χ4n) is 1.35. The van der Waals surface area contributed by atoms with E-state index in [9.17, 15) is 18.5 Å². The number of nitro groups is 1. The highest BCUT2D eigenvalue weighted by atomic mass is 32.2. The first-order valence-electron chi connectivity index (χ1n) is 5.28. The largest absolute Gasteiger partial charge is 0.396 e. The van der Waals surface area contributed by atoms with Gasteiger partial charge in [0, 0.05) is 11.8 Å². The Kier molecular flexibility index (Phi) is 5.73. The first-order chi connectivity index (χ1) is 8.92. The van der Waals surface area contributed by atoms with E-state index < -0.39 is 27.1 Å². The Hall–Kier alpha value is -1.16. The van der Waals surface area contributed by atoms with Crippen LogP contribution in [0.1, 0.15) is 0 Å². The van der Waals surface area contributed by atoms with Gasteiger partial charge in [-0.05, 0) is 12.1 Å². The monoisotopic (exact) mass is 307 g/mol. The molecule has 0 saturated carbocycles. The summed E-state index contributed by atoms with van der Waals surface area (Å²) in [4.78, 5) is 10.3. The van der Waals surface area contributed by atoms with Crippen LogP contribution in [0.25, 0.3) is 0 Å². The minimum Gasteiger partial charge on any atom is -0.396 e. The Morgan fingerprint density at radius 3 is 2.47 bits per heavy atom. The summed E-state index contributed by atoms with van der Waals surface area (Å²) in [5.41, 5.74) is -0.322. The summed E-state index contributed by atoms with van der Waals surface area (Å²) in [7, 11) is -3.72. The molecule has 0 heterocycles. The maximum absolute atomic E-state index is 11.7. The van der Waals surface area contributed by atoms with Crippen LogP contribution in [0, 0.1) is 10.1 Å². The summed E-state index contributed by atoms with van der Waals surface area (Å²) in [6, 6.07) is 3.57. The van der Waals surface area contributed by atoms with Gasteiger partial charge < -0.3 is 10.2 Å². The average Bonchev–Trinajstić information content (AvgIpc) is 2.35. The van der Waals surface area contributed by atoms with Crippen molar-refractivity contribution < 1.29 is 23.6 Å². The lowest BCUT2D eigenvalue weighted by Gasteiger charge is -2.05. The van der Waals surface area contributed by atoms with Crippen LogP contribution in [0.2, 0.25) is 0 Å². The van der Waals surface area contributed by atoms with E-state index >= 15 is 0 Å². The zero-order chi connectivity index (χ0) is 14.5. The molecule has 0 fully saturated rings. The zero-order valence-electron chi connectivity index (χ0n) is 9.85. The number of sulfone groups is 1. The van der Waals surface area contributed by atoms with Gasteiger partial charge >= 0.3 is 0 Å². The van der Waals surface area contributed by atoms with Gasteiger partial charge in [-0.2, -0.15) is 0 Å². The van der Waals surface area contributed by atoms with Gasteiger partial charge in [0.1, 0.15) is 0 Å². The van der Waals surface area contributed by atoms with Crippen molar-refractivity contribution in [2.24, 2.45) is 0 Å². The molecule has 1 aromatic carbocycles. The van der Waals surface area contributed by atoms with E-state index in [1.807, 2.05) is 0 Å². The normalized spacial score (nSPS) is 11.5. The van der Waals surface area contributed by atoms with E-state index in [2.05, 4.69) is 0 Å². The number of nitro benzene ring substituents is 1. The second-order valence-corrected chi connectivity index (χ2v) is 6.75. The number of hydrogen-bond acceptors (Lipinski definition) is 7. The van der Waals surface area contributed by atoms with E-state index in [-0.39, 0.29) is 22.9 Å². The van der Waals surface area contributed by atoms with Crippen LogP contribution in [0.5, 0.6) is 0 Å². The molecular formula is C10H13NO6S2. The Balaban J connectivity index is 3.20. The Morgan fingerprint density at radius 2 is 1.95 bits per heavy atom. The molecule has 1 rings (SSSR count). The Bertz CT molecular complexity index is 557. The van der Waals surface area contributed by atoms with Crippen molar-refractivity contribution in [2.45, 2.75) is 9.79 Å². The summed E-state index contributed by atoms with van der Waals surface area (Å²) >= 11 is 1.07.